The van der Waals surface area contributed by atoms with E-state index in [1.807, 2.05) is 0 Å². The number of aromatic nitrogens is 2. The standard InChI is InChI=1S/C15H12F3N3O4/c16-15(17,18)12-4-9(7-1-2-10-11(3-7)25-6-24-10)20-13-8(14(22)23)5-19-21(12)13/h1-3,5,9,12,20H,4,6H2,(H,22,23)/t9-,12-/m1/s1. The van der Waals surface area contributed by atoms with Crippen LogP contribution in [0.4, 0.5) is 19.0 Å². The highest BCUT2D eigenvalue weighted by molar-refractivity contribution is 5.93. The molecule has 2 aliphatic rings. The fourth-order valence-electron chi connectivity index (χ4n) is 3.07. The van der Waals surface area contributed by atoms with Gasteiger partial charge in [-0.2, -0.15) is 18.3 Å². The zero-order chi connectivity index (χ0) is 17.8. The number of benzene rings is 1. The molecule has 10 heteroatoms. The minimum atomic E-state index is -4.56. The van der Waals surface area contributed by atoms with E-state index in [0.29, 0.717) is 21.7 Å². The quantitative estimate of drug-likeness (QED) is 0.861. The van der Waals surface area contributed by atoms with Gasteiger partial charge in [0, 0.05) is 6.42 Å². The molecule has 1 aromatic heterocycles. The molecule has 25 heavy (non-hydrogen) atoms. The number of anilines is 1. The van der Waals surface area contributed by atoms with Gasteiger partial charge in [0.05, 0.1) is 12.2 Å². The number of carboxylic acid groups (broad SMARTS) is 1. The van der Waals surface area contributed by atoms with Gasteiger partial charge < -0.3 is 19.9 Å². The Morgan fingerprint density at radius 2 is 2.08 bits per heavy atom. The van der Waals surface area contributed by atoms with Crippen LogP contribution in [0.15, 0.2) is 24.4 Å². The van der Waals surface area contributed by atoms with Gasteiger partial charge in [0.2, 0.25) is 6.79 Å². The third-order valence-electron chi connectivity index (χ3n) is 4.27. The number of halogens is 3. The third-order valence-corrected chi connectivity index (χ3v) is 4.27. The molecule has 3 heterocycles. The summed E-state index contributed by atoms with van der Waals surface area (Å²) in [6.07, 6.45) is -3.96. The lowest BCUT2D eigenvalue weighted by Crippen LogP contribution is -2.36. The molecule has 0 fully saturated rings. The Hall–Kier alpha value is -2.91. The number of nitrogens with one attached hydrogen (secondary N) is 1. The lowest BCUT2D eigenvalue weighted by atomic mass is 9.96. The summed E-state index contributed by atoms with van der Waals surface area (Å²) in [5.74, 6) is -0.548. The maximum absolute atomic E-state index is 13.5. The number of hydrogen-bond donors (Lipinski definition) is 2. The number of fused-ring (bicyclic) bond motifs is 2. The van der Waals surface area contributed by atoms with Crippen LogP contribution in [-0.2, 0) is 0 Å². The molecule has 0 aliphatic carbocycles. The first-order chi connectivity index (χ1) is 11.8. The zero-order valence-corrected chi connectivity index (χ0v) is 12.6. The van der Waals surface area contributed by atoms with Crippen molar-refractivity contribution in [3.8, 4) is 11.5 Å². The van der Waals surface area contributed by atoms with Gasteiger partial charge in [-0.05, 0) is 17.7 Å². The van der Waals surface area contributed by atoms with Crippen LogP contribution in [0.5, 0.6) is 11.5 Å². The van der Waals surface area contributed by atoms with E-state index in [1.165, 1.54) is 0 Å². The monoisotopic (exact) mass is 355 g/mol. The summed E-state index contributed by atoms with van der Waals surface area (Å²) in [5, 5.41) is 15.7. The second kappa shape index (κ2) is 5.30. The number of alkyl halides is 3. The number of hydrogen-bond acceptors (Lipinski definition) is 5. The predicted molar refractivity (Wildman–Crippen MR) is 77.8 cm³/mol. The highest BCUT2D eigenvalue weighted by Crippen LogP contribution is 2.45. The normalized spacial score (nSPS) is 21.6. The van der Waals surface area contributed by atoms with Crippen LogP contribution < -0.4 is 14.8 Å². The summed E-state index contributed by atoms with van der Waals surface area (Å²) in [4.78, 5) is 11.3. The average Bonchev–Trinajstić information content (AvgIpc) is 3.18. The first-order valence-electron chi connectivity index (χ1n) is 7.38. The Kier molecular flexibility index (Phi) is 3.31. The van der Waals surface area contributed by atoms with E-state index < -0.39 is 24.2 Å². The molecule has 0 bridgehead atoms. The van der Waals surface area contributed by atoms with E-state index >= 15 is 0 Å². The molecule has 0 saturated carbocycles. The minimum Gasteiger partial charge on any atom is -0.477 e. The number of aromatic carboxylic acids is 1. The van der Waals surface area contributed by atoms with Gasteiger partial charge in [-0.15, -0.1) is 0 Å². The van der Waals surface area contributed by atoms with Crippen LogP contribution in [0.2, 0.25) is 0 Å². The van der Waals surface area contributed by atoms with E-state index in [0.717, 1.165) is 6.20 Å². The molecule has 0 spiro atoms. The fraction of sp³-hybridized carbons (Fsp3) is 0.333. The van der Waals surface area contributed by atoms with Crippen LogP contribution >= 0.6 is 0 Å². The molecule has 2 aromatic rings. The topological polar surface area (TPSA) is 85.6 Å². The molecular weight excluding hydrogens is 343 g/mol. The fourth-order valence-corrected chi connectivity index (χ4v) is 3.07. The van der Waals surface area contributed by atoms with Crippen LogP contribution in [-0.4, -0.2) is 33.8 Å². The Morgan fingerprint density at radius 3 is 2.80 bits per heavy atom. The lowest BCUT2D eigenvalue weighted by molar-refractivity contribution is -0.173. The van der Waals surface area contributed by atoms with Gasteiger partial charge >= 0.3 is 12.1 Å². The van der Waals surface area contributed by atoms with Crippen molar-refractivity contribution in [1.82, 2.24) is 9.78 Å². The minimum absolute atomic E-state index is 0.0536. The summed E-state index contributed by atoms with van der Waals surface area (Å²) in [5.41, 5.74) is 0.238. The molecule has 4 rings (SSSR count). The molecule has 1 aromatic carbocycles. The van der Waals surface area contributed by atoms with E-state index in [2.05, 4.69) is 10.4 Å². The largest absolute Gasteiger partial charge is 0.477 e. The van der Waals surface area contributed by atoms with E-state index in [9.17, 15) is 23.1 Å². The summed E-state index contributed by atoms with van der Waals surface area (Å²) in [7, 11) is 0. The molecule has 0 amide bonds. The van der Waals surface area contributed by atoms with Crippen molar-refractivity contribution in [3.05, 3.63) is 35.5 Å². The van der Waals surface area contributed by atoms with Crippen LogP contribution in [0.3, 0.4) is 0 Å². The van der Waals surface area contributed by atoms with Crippen LogP contribution in [0.1, 0.15) is 34.4 Å². The Morgan fingerprint density at radius 1 is 1.32 bits per heavy atom. The highest BCUT2D eigenvalue weighted by Gasteiger charge is 2.47. The summed E-state index contributed by atoms with van der Waals surface area (Å²) < 4.78 is 51.5. The Balaban J connectivity index is 1.76. The summed E-state index contributed by atoms with van der Waals surface area (Å²) in [6, 6.07) is 2.17. The second-order valence-corrected chi connectivity index (χ2v) is 5.76. The van der Waals surface area contributed by atoms with Crippen LogP contribution in [0, 0.1) is 0 Å². The van der Waals surface area contributed by atoms with Gasteiger partial charge in [0.1, 0.15) is 11.4 Å². The summed E-state index contributed by atoms with van der Waals surface area (Å²) >= 11 is 0. The molecule has 0 radical (unpaired) electrons. The van der Waals surface area contributed by atoms with Crippen molar-refractivity contribution >= 4 is 11.8 Å². The smallest absolute Gasteiger partial charge is 0.410 e. The predicted octanol–water partition coefficient (Wildman–Crippen LogP) is 2.97. The zero-order valence-electron chi connectivity index (χ0n) is 12.6. The maximum atomic E-state index is 13.5. The molecular formula is C15H12F3N3O4. The Bertz CT molecular complexity index is 849. The Labute approximate surface area is 139 Å². The van der Waals surface area contributed by atoms with E-state index in [1.54, 1.807) is 18.2 Å². The van der Waals surface area contributed by atoms with Crippen molar-refractivity contribution < 1.29 is 32.5 Å². The summed E-state index contributed by atoms with van der Waals surface area (Å²) in [6.45, 7) is 0.0536. The molecule has 2 atom stereocenters. The lowest BCUT2D eigenvalue weighted by Gasteiger charge is -2.33. The van der Waals surface area contributed by atoms with Gasteiger partial charge in [-0.1, -0.05) is 6.07 Å². The molecule has 2 N–H and O–H groups in total. The van der Waals surface area contributed by atoms with Gasteiger partial charge in [0.25, 0.3) is 0 Å². The molecule has 7 nitrogen and oxygen atoms in total. The first kappa shape index (κ1) is 15.6. The number of nitrogens with zero attached hydrogens (tertiary/aromatic N) is 2. The number of ether oxygens (including phenoxy) is 2. The van der Waals surface area contributed by atoms with Crippen molar-refractivity contribution in [2.45, 2.75) is 24.7 Å². The van der Waals surface area contributed by atoms with Gasteiger partial charge in [-0.25, -0.2) is 9.48 Å². The van der Waals surface area contributed by atoms with Crippen molar-refractivity contribution in [2.24, 2.45) is 0 Å². The SMILES string of the molecule is O=C(O)c1cnn2c1N[C@@H](c1ccc3c(c1)OCO3)C[C@@H]2C(F)(F)F. The number of carboxylic acids is 1. The molecule has 0 saturated heterocycles. The number of rotatable bonds is 2. The van der Waals surface area contributed by atoms with E-state index in [4.69, 9.17) is 9.47 Å². The molecule has 0 unspecified atom stereocenters. The van der Waals surface area contributed by atoms with Crippen LogP contribution in [0.25, 0.3) is 0 Å². The second-order valence-electron chi connectivity index (χ2n) is 5.76. The molecule has 2 aliphatic heterocycles. The van der Waals surface area contributed by atoms with Crippen molar-refractivity contribution in [1.29, 1.82) is 0 Å². The van der Waals surface area contributed by atoms with Gasteiger partial charge in [0.15, 0.2) is 17.5 Å². The number of carbonyl (C=O) groups is 1. The van der Waals surface area contributed by atoms with E-state index in [-0.39, 0.29) is 24.6 Å². The first-order valence-corrected chi connectivity index (χ1v) is 7.38. The third kappa shape index (κ3) is 2.53. The highest BCUT2D eigenvalue weighted by atomic mass is 19.4. The molecule has 132 valence electrons. The maximum Gasteiger partial charge on any atom is 0.410 e. The van der Waals surface area contributed by atoms with Crippen molar-refractivity contribution in [2.75, 3.05) is 12.1 Å². The van der Waals surface area contributed by atoms with Gasteiger partial charge in [-0.3, -0.25) is 0 Å². The average molecular weight is 355 g/mol. The van der Waals surface area contributed by atoms with Crippen molar-refractivity contribution in [3.63, 3.8) is 0 Å².